The number of benzene rings is 6. The SMILES string of the molecule is Brc1ccc2c(c1)C(P(Br)(c1ccccc1)(c1ccccc1)c1ccccc1)CC2.C.C=C=C=C=C=C=C=C=C=C=C=C=C=C=C.Cn1cnc(/C=C2/CCc3ccc(Br)cc32)c1.Cn1cnc(/C=C2\CCc3ccc(Br)cc32)c1.[B][B]B([B])B(B([B])[B])B(B([B])[B])B([B])[B]. The molecule has 17 radical (unpaired) electrons. The monoisotopic (exact) mass is 1480 g/mol. The first-order valence-electron chi connectivity index (χ1n) is 30.1. The fourth-order valence-corrected chi connectivity index (χ4v) is 22.0. The topological polar surface area (TPSA) is 35.6 Å². The quantitative estimate of drug-likeness (QED) is 0.0694. The van der Waals surface area contributed by atoms with E-state index in [1.165, 1.54) is 67.5 Å². The Morgan fingerprint density at radius 3 is 1.19 bits per heavy atom. The van der Waals surface area contributed by atoms with Crippen LogP contribution in [-0.2, 0) is 33.4 Å². The Morgan fingerprint density at radius 2 is 0.853 bits per heavy atom. The Morgan fingerprint density at radius 1 is 0.495 bits per heavy atom. The van der Waals surface area contributed by atoms with Crippen molar-refractivity contribution in [2.75, 3.05) is 0 Å². The molecule has 1 atom stereocenters. The summed E-state index contributed by atoms with van der Waals surface area (Å²) < 4.78 is 7.39. The molecule has 11 rings (SSSR count). The summed E-state index contributed by atoms with van der Waals surface area (Å²) in [6.45, 7) is 6.58. The maximum atomic E-state index is 5.73. The number of fused-ring (bicyclic) bond motifs is 3. The molecular formula is C71H57B15Br4N4P. The van der Waals surface area contributed by atoms with Gasteiger partial charge in [0.05, 0.1) is 24.0 Å². The van der Waals surface area contributed by atoms with Crippen LogP contribution in [0.2, 0.25) is 0 Å². The third-order valence-corrected chi connectivity index (χ3v) is 28.3. The van der Waals surface area contributed by atoms with Crippen molar-refractivity contribution in [2.45, 2.75) is 51.6 Å². The van der Waals surface area contributed by atoms with Gasteiger partial charge in [0.25, 0.3) is 0 Å². The van der Waals surface area contributed by atoms with Crippen molar-refractivity contribution in [1.82, 2.24) is 19.1 Å². The first-order valence-corrected chi connectivity index (χ1v) is 36.8. The van der Waals surface area contributed by atoms with Crippen molar-refractivity contribution in [3.05, 3.63) is 316 Å². The standard InChI is InChI=1S/C27H23Br2P.C15H4.2C14H13BrN2.CH4.B15/c28-22-18-16-21-17-19-27(26(21)20-22)30(29,23-10-4-1-5-11-23,24-12-6-2-7-13-24)25-14-8-3-9-15-25;1-3-5-7-9-11-13-15-14-12-10-8-6-4-2;2*1-17-8-13(16-9-17)6-11-3-2-10-4-5-12(15)7-14(10)11;;1-9-13(8)15(12(6)7)14(10(2)3)11(4)5/h1-16,18,20,27H,17,19H2;1-2H2;2*4-9H,2-3H2,1H3;1H4;/b;;11-6+;11-6-;;. The van der Waals surface area contributed by atoms with Gasteiger partial charge in [-0.2, -0.15) is 0 Å². The Bertz CT molecular complexity index is 4260. The number of rotatable bonds is 12. The van der Waals surface area contributed by atoms with Crippen LogP contribution in [0.3, 0.4) is 0 Å². The van der Waals surface area contributed by atoms with Crippen molar-refractivity contribution in [2.24, 2.45) is 14.1 Å². The minimum absolute atomic E-state index is 0. The molecular weight excluding hydrogens is 1420 g/mol. The van der Waals surface area contributed by atoms with E-state index in [0.717, 1.165) is 63.3 Å². The van der Waals surface area contributed by atoms with E-state index in [1.807, 2.05) is 48.3 Å². The van der Waals surface area contributed by atoms with E-state index >= 15 is 0 Å². The molecule has 24 heteroatoms. The van der Waals surface area contributed by atoms with E-state index in [1.54, 1.807) is 0 Å². The van der Waals surface area contributed by atoms with Gasteiger partial charge in [0, 0.05) is 143 Å². The first kappa shape index (κ1) is 77.4. The second-order valence-corrected chi connectivity index (χ2v) is 33.7. The molecule has 0 N–H and O–H groups in total. The summed E-state index contributed by atoms with van der Waals surface area (Å²) in [7, 11) is 49.8. The van der Waals surface area contributed by atoms with Crippen LogP contribution in [0.5, 0.6) is 0 Å². The summed E-state index contributed by atoms with van der Waals surface area (Å²) in [4.78, 5) is 8.70. The zero-order chi connectivity index (χ0) is 67.7. The average Bonchev–Trinajstić information content (AvgIpc) is 1.68. The minimum Gasteiger partial charge on any atom is -0.340 e. The molecule has 0 bridgehead atoms. The van der Waals surface area contributed by atoms with Crippen LogP contribution in [0.15, 0.2) is 272 Å². The molecule has 4 nitrogen and oxygen atoms in total. The summed E-state index contributed by atoms with van der Waals surface area (Å²) >= 11 is 15.5. The molecule has 0 aliphatic heterocycles. The molecule has 2 heterocycles. The molecule has 6 aromatic carbocycles. The van der Waals surface area contributed by atoms with Crippen LogP contribution in [0.4, 0.5) is 0 Å². The maximum absolute atomic E-state index is 5.73. The minimum atomic E-state index is -3.00. The second kappa shape index (κ2) is 38.4. The predicted molar refractivity (Wildman–Crippen MR) is 436 cm³/mol. The van der Waals surface area contributed by atoms with Gasteiger partial charge in [-0.1, -0.05) is 62.9 Å². The molecule has 0 spiro atoms. The van der Waals surface area contributed by atoms with Gasteiger partial charge in [0.15, 0.2) is 0 Å². The Hall–Kier alpha value is -6.58. The van der Waals surface area contributed by atoms with Crippen LogP contribution >= 0.6 is 68.6 Å². The van der Waals surface area contributed by atoms with E-state index in [-0.39, 0.29) is 7.43 Å². The van der Waals surface area contributed by atoms with Crippen molar-refractivity contribution in [1.29, 1.82) is 0 Å². The Balaban J connectivity index is 0.000000194. The number of imidazole rings is 2. The summed E-state index contributed by atoms with van der Waals surface area (Å²) in [5.41, 5.74) is 45.7. The zero-order valence-electron chi connectivity index (χ0n) is 52.5. The maximum Gasteiger partial charge on any atom is 0.0950 e. The van der Waals surface area contributed by atoms with Crippen LogP contribution in [-0.4, -0.2) is 126 Å². The second-order valence-electron chi connectivity index (χ2n) is 22.2. The molecule has 2 aromatic heterocycles. The van der Waals surface area contributed by atoms with E-state index in [2.05, 4.69) is 319 Å². The molecule has 3 aliphatic carbocycles. The van der Waals surface area contributed by atoms with Gasteiger partial charge in [0.2, 0.25) is 0 Å². The van der Waals surface area contributed by atoms with Gasteiger partial charge in [-0.15, -0.1) is 0 Å². The molecule has 0 fully saturated rings. The molecule has 8 aromatic rings. The number of nitrogens with zero attached hydrogens (tertiary/aromatic N) is 4. The van der Waals surface area contributed by atoms with Crippen molar-refractivity contribution >= 4 is 215 Å². The summed E-state index contributed by atoms with van der Waals surface area (Å²) in [5, 5.41) is 1.17. The number of allylic oxidation sites excluding steroid dienone is 2. The third kappa shape index (κ3) is 20.7. The fraction of sp³-hybridized carbons (Fsp3) is 0.141. The number of hydrogen-bond donors (Lipinski definition) is 0. The van der Waals surface area contributed by atoms with E-state index in [4.69, 9.17) is 61.9 Å². The Labute approximate surface area is 610 Å². The molecule has 1 unspecified atom stereocenters. The van der Waals surface area contributed by atoms with Gasteiger partial charge in [-0.3, -0.25) is 0 Å². The summed E-state index contributed by atoms with van der Waals surface area (Å²) in [6.07, 6.45) is 15.1. The van der Waals surface area contributed by atoms with Gasteiger partial charge in [0.1, 0.15) is 0 Å². The number of aromatic nitrogens is 4. The average molecular weight is 1480 g/mol. The van der Waals surface area contributed by atoms with Crippen molar-refractivity contribution < 1.29 is 0 Å². The summed E-state index contributed by atoms with van der Waals surface area (Å²) in [5.74, 6) is 0. The van der Waals surface area contributed by atoms with Gasteiger partial charge >= 0.3 is 196 Å². The number of halogens is 4. The molecule has 0 amide bonds. The molecule has 95 heavy (non-hydrogen) atoms. The van der Waals surface area contributed by atoms with Crippen LogP contribution < -0.4 is 15.9 Å². The van der Waals surface area contributed by atoms with Crippen LogP contribution in [0.25, 0.3) is 23.3 Å². The molecule has 0 saturated heterocycles. The first-order chi connectivity index (χ1) is 45.3. The normalized spacial score (nSPS) is 13.3. The molecule has 439 valence electrons. The number of hydrogen-bond acceptors (Lipinski definition) is 2. The van der Waals surface area contributed by atoms with Gasteiger partial charge in [-0.05, 0) is 172 Å². The van der Waals surface area contributed by atoms with E-state index in [0.29, 0.717) is 5.66 Å². The van der Waals surface area contributed by atoms with E-state index < -0.39 is 43.6 Å². The van der Waals surface area contributed by atoms with Gasteiger partial charge in [-0.25, -0.2) is 9.97 Å². The van der Waals surface area contributed by atoms with E-state index in [9.17, 15) is 0 Å². The summed E-state index contributed by atoms with van der Waals surface area (Å²) in [6, 6.07) is 53.3. The smallest absolute Gasteiger partial charge is 0.0950 e. The van der Waals surface area contributed by atoms with Crippen LogP contribution in [0.1, 0.15) is 77.1 Å². The van der Waals surface area contributed by atoms with Crippen LogP contribution in [0, 0.1) is 0 Å². The molecule has 0 saturated carbocycles. The zero-order valence-corrected chi connectivity index (χ0v) is 59.7. The van der Waals surface area contributed by atoms with Gasteiger partial charge < -0.3 is 9.13 Å². The van der Waals surface area contributed by atoms with Crippen molar-refractivity contribution in [3.63, 3.8) is 0 Å². The third-order valence-electron chi connectivity index (χ3n) is 16.0. The fourth-order valence-electron chi connectivity index (χ4n) is 11.8. The largest absolute Gasteiger partial charge is 0.340 e. The van der Waals surface area contributed by atoms with Crippen molar-refractivity contribution in [3.8, 4) is 0 Å². The number of aryl methyl sites for hydroxylation is 5. The molecule has 3 aliphatic rings. The Kier molecular flexibility index (Phi) is 31.3. The predicted octanol–water partition coefficient (Wildman–Crippen LogP) is 12.4.